The molecule has 0 bridgehead atoms. The third-order valence-electron chi connectivity index (χ3n) is 3.78. The van der Waals surface area contributed by atoms with E-state index in [1.165, 1.54) is 5.56 Å². The second-order valence-corrected chi connectivity index (χ2v) is 6.16. The SMILES string of the molecule is CC(Cc1ccsc1)N(C)C(=O)c1cnc2c(c1)nnn2C. The van der Waals surface area contributed by atoms with Gasteiger partial charge in [0, 0.05) is 26.3 Å². The summed E-state index contributed by atoms with van der Waals surface area (Å²) in [4.78, 5) is 18.6. The van der Waals surface area contributed by atoms with Gasteiger partial charge in [-0.05, 0) is 41.8 Å². The van der Waals surface area contributed by atoms with Gasteiger partial charge in [0.2, 0.25) is 0 Å². The van der Waals surface area contributed by atoms with Crippen LogP contribution in [0.3, 0.4) is 0 Å². The highest BCUT2D eigenvalue weighted by Gasteiger charge is 2.19. The van der Waals surface area contributed by atoms with Crippen LogP contribution in [0.25, 0.3) is 11.2 Å². The fourth-order valence-corrected chi connectivity index (χ4v) is 3.02. The van der Waals surface area contributed by atoms with Crippen molar-refractivity contribution in [3.63, 3.8) is 0 Å². The lowest BCUT2D eigenvalue weighted by molar-refractivity contribution is 0.0743. The molecule has 22 heavy (non-hydrogen) atoms. The molecule has 0 fully saturated rings. The Labute approximate surface area is 132 Å². The normalized spacial score (nSPS) is 12.5. The molecule has 1 atom stereocenters. The monoisotopic (exact) mass is 315 g/mol. The predicted molar refractivity (Wildman–Crippen MR) is 85.9 cm³/mol. The molecule has 3 aromatic rings. The topological polar surface area (TPSA) is 63.9 Å². The second-order valence-electron chi connectivity index (χ2n) is 5.38. The van der Waals surface area contributed by atoms with Crippen LogP contribution >= 0.6 is 11.3 Å². The quantitative estimate of drug-likeness (QED) is 0.740. The van der Waals surface area contributed by atoms with Crippen molar-refractivity contribution in [2.45, 2.75) is 19.4 Å². The third-order valence-corrected chi connectivity index (χ3v) is 4.51. The lowest BCUT2D eigenvalue weighted by Gasteiger charge is -2.24. The first-order valence-electron chi connectivity index (χ1n) is 7.00. The Bertz CT molecular complexity index is 795. The maximum atomic E-state index is 12.6. The standard InChI is InChI=1S/C15H17N5OS/c1-10(6-11-4-5-22-9-11)19(2)15(21)12-7-13-14(16-8-12)20(3)18-17-13/h4-5,7-10H,6H2,1-3H3. The van der Waals surface area contributed by atoms with Crippen molar-refractivity contribution < 1.29 is 4.79 Å². The fraction of sp³-hybridized carbons (Fsp3) is 0.333. The molecule has 0 saturated heterocycles. The maximum absolute atomic E-state index is 12.6. The Morgan fingerprint density at radius 1 is 1.50 bits per heavy atom. The number of hydrogen-bond donors (Lipinski definition) is 0. The zero-order valence-corrected chi connectivity index (χ0v) is 13.5. The molecular formula is C15H17N5OS. The first-order valence-corrected chi connectivity index (χ1v) is 7.94. The molecule has 1 amide bonds. The Balaban J connectivity index is 1.78. The van der Waals surface area contributed by atoms with Crippen molar-refractivity contribution in [3.05, 3.63) is 40.2 Å². The van der Waals surface area contributed by atoms with Crippen LogP contribution in [0.5, 0.6) is 0 Å². The van der Waals surface area contributed by atoms with E-state index in [2.05, 4.69) is 32.1 Å². The van der Waals surface area contributed by atoms with Gasteiger partial charge >= 0.3 is 0 Å². The number of amides is 1. The number of carbonyl (C=O) groups is 1. The number of aryl methyl sites for hydroxylation is 1. The van der Waals surface area contributed by atoms with Crippen LogP contribution in [0, 0.1) is 0 Å². The first-order chi connectivity index (χ1) is 10.6. The molecule has 0 saturated carbocycles. The number of thiophene rings is 1. The van der Waals surface area contributed by atoms with Crippen LogP contribution in [0.2, 0.25) is 0 Å². The van der Waals surface area contributed by atoms with Crippen LogP contribution in [0.4, 0.5) is 0 Å². The van der Waals surface area contributed by atoms with Gasteiger partial charge in [-0.3, -0.25) is 4.79 Å². The van der Waals surface area contributed by atoms with Crippen molar-refractivity contribution in [1.29, 1.82) is 0 Å². The highest BCUT2D eigenvalue weighted by atomic mass is 32.1. The van der Waals surface area contributed by atoms with E-state index in [0.717, 1.165) is 6.42 Å². The lowest BCUT2D eigenvalue weighted by Crippen LogP contribution is -2.36. The van der Waals surface area contributed by atoms with E-state index in [0.29, 0.717) is 16.7 Å². The van der Waals surface area contributed by atoms with Gasteiger partial charge in [-0.15, -0.1) is 5.10 Å². The highest BCUT2D eigenvalue weighted by molar-refractivity contribution is 7.07. The number of rotatable bonds is 4. The second kappa shape index (κ2) is 5.84. The minimum Gasteiger partial charge on any atom is -0.339 e. The largest absolute Gasteiger partial charge is 0.339 e. The molecular weight excluding hydrogens is 298 g/mol. The number of pyridine rings is 1. The Morgan fingerprint density at radius 2 is 2.32 bits per heavy atom. The summed E-state index contributed by atoms with van der Waals surface area (Å²) in [5.41, 5.74) is 3.09. The van der Waals surface area contributed by atoms with E-state index in [1.807, 2.05) is 14.0 Å². The molecule has 0 N–H and O–H groups in total. The predicted octanol–water partition coefficient (Wildman–Crippen LogP) is 2.13. The average molecular weight is 315 g/mol. The van der Waals surface area contributed by atoms with Gasteiger partial charge in [0.1, 0.15) is 5.52 Å². The summed E-state index contributed by atoms with van der Waals surface area (Å²) >= 11 is 1.67. The summed E-state index contributed by atoms with van der Waals surface area (Å²) in [5.74, 6) is -0.0530. The molecule has 0 aliphatic carbocycles. The van der Waals surface area contributed by atoms with E-state index in [4.69, 9.17) is 0 Å². The van der Waals surface area contributed by atoms with Crippen molar-refractivity contribution in [2.24, 2.45) is 7.05 Å². The van der Waals surface area contributed by atoms with Gasteiger partial charge in [0.15, 0.2) is 5.65 Å². The van der Waals surface area contributed by atoms with Crippen LogP contribution in [-0.4, -0.2) is 43.9 Å². The minimum absolute atomic E-state index is 0.0530. The molecule has 6 nitrogen and oxygen atoms in total. The van der Waals surface area contributed by atoms with E-state index in [9.17, 15) is 4.79 Å². The lowest BCUT2D eigenvalue weighted by atomic mass is 10.1. The Hall–Kier alpha value is -2.28. The van der Waals surface area contributed by atoms with Crippen molar-refractivity contribution in [1.82, 2.24) is 24.9 Å². The summed E-state index contributed by atoms with van der Waals surface area (Å²) in [7, 11) is 3.60. The third kappa shape index (κ3) is 2.71. The van der Waals surface area contributed by atoms with E-state index in [1.54, 1.807) is 40.2 Å². The number of fused-ring (bicyclic) bond motifs is 1. The molecule has 114 valence electrons. The molecule has 0 spiro atoms. The van der Waals surface area contributed by atoms with Crippen LogP contribution in [-0.2, 0) is 13.5 Å². The molecule has 7 heteroatoms. The van der Waals surface area contributed by atoms with Crippen LogP contribution in [0.15, 0.2) is 29.1 Å². The van der Waals surface area contributed by atoms with Crippen molar-refractivity contribution in [3.8, 4) is 0 Å². The summed E-state index contributed by atoms with van der Waals surface area (Å²) in [5, 5.41) is 12.1. The number of aromatic nitrogens is 4. The van der Waals surface area contributed by atoms with E-state index in [-0.39, 0.29) is 11.9 Å². The van der Waals surface area contributed by atoms with Gasteiger partial charge < -0.3 is 4.90 Å². The Morgan fingerprint density at radius 3 is 3.05 bits per heavy atom. The summed E-state index contributed by atoms with van der Waals surface area (Å²) in [6, 6.07) is 3.94. The summed E-state index contributed by atoms with van der Waals surface area (Å²) in [6.45, 7) is 2.05. The van der Waals surface area contributed by atoms with Gasteiger partial charge in [-0.2, -0.15) is 11.3 Å². The molecule has 0 aliphatic rings. The average Bonchev–Trinajstić information content (AvgIpc) is 3.15. The number of likely N-dealkylation sites (N-methyl/N-ethyl adjacent to an activating group) is 1. The molecule has 0 radical (unpaired) electrons. The smallest absolute Gasteiger partial charge is 0.255 e. The fourth-order valence-electron chi connectivity index (χ4n) is 2.33. The van der Waals surface area contributed by atoms with Crippen molar-refractivity contribution in [2.75, 3.05) is 7.05 Å². The van der Waals surface area contributed by atoms with Gasteiger partial charge in [-0.1, -0.05) is 5.21 Å². The number of nitrogens with zero attached hydrogens (tertiary/aromatic N) is 5. The maximum Gasteiger partial charge on any atom is 0.255 e. The molecule has 3 heterocycles. The van der Waals surface area contributed by atoms with Crippen LogP contribution in [0.1, 0.15) is 22.8 Å². The molecule has 1 unspecified atom stereocenters. The first kappa shape index (κ1) is 14.6. The molecule has 3 rings (SSSR count). The minimum atomic E-state index is -0.0530. The highest BCUT2D eigenvalue weighted by Crippen LogP contribution is 2.15. The zero-order chi connectivity index (χ0) is 15.7. The molecule has 3 aromatic heterocycles. The van der Waals surface area contributed by atoms with Crippen LogP contribution < -0.4 is 0 Å². The molecule has 0 aliphatic heterocycles. The van der Waals surface area contributed by atoms with Gasteiger partial charge in [0.05, 0.1) is 5.56 Å². The Kier molecular flexibility index (Phi) is 3.89. The number of hydrogen-bond acceptors (Lipinski definition) is 5. The molecule has 0 aromatic carbocycles. The number of carbonyl (C=O) groups excluding carboxylic acids is 1. The van der Waals surface area contributed by atoms with E-state index >= 15 is 0 Å². The summed E-state index contributed by atoms with van der Waals surface area (Å²) < 4.78 is 1.59. The van der Waals surface area contributed by atoms with E-state index < -0.39 is 0 Å². The van der Waals surface area contributed by atoms with Gasteiger partial charge in [0.25, 0.3) is 5.91 Å². The van der Waals surface area contributed by atoms with Gasteiger partial charge in [-0.25, -0.2) is 9.67 Å². The summed E-state index contributed by atoms with van der Waals surface area (Å²) in [6.07, 6.45) is 2.42. The van der Waals surface area contributed by atoms with Crippen molar-refractivity contribution >= 4 is 28.4 Å². The zero-order valence-electron chi connectivity index (χ0n) is 12.7.